The van der Waals surface area contributed by atoms with Crippen molar-refractivity contribution in [2.24, 2.45) is 17.3 Å². The number of carboxylic acid groups (broad SMARTS) is 1. The lowest BCUT2D eigenvalue weighted by Gasteiger charge is -2.56. The molecule has 0 radical (unpaired) electrons. The molecule has 1 spiro atoms. The molecule has 0 atom stereocenters. The summed E-state index contributed by atoms with van der Waals surface area (Å²) in [4.78, 5) is 24.4. The largest absolute Gasteiger partial charge is 0.481 e. The van der Waals surface area contributed by atoms with E-state index in [9.17, 15) is 9.59 Å². The Hall–Kier alpha value is -2.66. The highest BCUT2D eigenvalue weighted by atomic mass is 35.5. The lowest BCUT2D eigenvalue weighted by molar-refractivity contribution is -0.157. The van der Waals surface area contributed by atoms with Crippen molar-refractivity contribution < 1.29 is 14.7 Å². The summed E-state index contributed by atoms with van der Waals surface area (Å²) < 4.78 is 1.88. The summed E-state index contributed by atoms with van der Waals surface area (Å²) in [5.41, 5.74) is 4.06. The van der Waals surface area contributed by atoms with Gasteiger partial charge in [0.1, 0.15) is 0 Å². The summed E-state index contributed by atoms with van der Waals surface area (Å²) in [6, 6.07) is 12.1. The first-order chi connectivity index (χ1) is 15.7. The molecule has 0 unspecified atom stereocenters. The van der Waals surface area contributed by atoms with Gasteiger partial charge in [-0.2, -0.15) is 5.10 Å². The quantitative estimate of drug-likeness (QED) is 0.415. The van der Waals surface area contributed by atoms with Gasteiger partial charge in [0.15, 0.2) is 5.78 Å². The van der Waals surface area contributed by atoms with Crippen LogP contribution in [-0.2, 0) is 11.3 Å². The molecule has 2 aliphatic carbocycles. The third-order valence-corrected chi connectivity index (χ3v) is 7.98. The number of benzene rings is 2. The number of aliphatic carboxylic acids is 1. The maximum Gasteiger partial charge on any atom is 0.306 e. The van der Waals surface area contributed by atoms with Crippen LogP contribution in [0, 0.1) is 17.3 Å². The minimum Gasteiger partial charge on any atom is -0.481 e. The predicted molar refractivity (Wildman–Crippen MR) is 129 cm³/mol. The molecule has 5 rings (SSSR count). The Morgan fingerprint density at radius 3 is 2.45 bits per heavy atom. The van der Waals surface area contributed by atoms with Crippen molar-refractivity contribution in [3.8, 4) is 0 Å². The van der Waals surface area contributed by atoms with Crippen molar-refractivity contribution in [1.82, 2.24) is 9.78 Å². The van der Waals surface area contributed by atoms with E-state index in [-0.39, 0.29) is 17.1 Å². The van der Waals surface area contributed by atoms with Gasteiger partial charge in [-0.15, -0.1) is 0 Å². The van der Waals surface area contributed by atoms with Crippen LogP contribution in [0.4, 0.5) is 0 Å². The zero-order chi connectivity index (χ0) is 23.3. The summed E-state index contributed by atoms with van der Waals surface area (Å²) in [7, 11) is 0. The zero-order valence-electron chi connectivity index (χ0n) is 19.1. The van der Waals surface area contributed by atoms with Crippen molar-refractivity contribution in [2.45, 2.75) is 58.4 Å². The number of rotatable bonds is 7. The van der Waals surface area contributed by atoms with Crippen molar-refractivity contribution in [3.05, 3.63) is 64.3 Å². The highest BCUT2D eigenvalue weighted by Crippen LogP contribution is 2.62. The van der Waals surface area contributed by atoms with E-state index in [2.05, 4.69) is 43.2 Å². The minimum absolute atomic E-state index is 0.113. The molecule has 3 aromatic rings. The van der Waals surface area contributed by atoms with Gasteiger partial charge < -0.3 is 5.11 Å². The SMILES string of the molecule is CC(C)c1ccc(Cn2ncc3c(Cl)ccc(C(=O)CC4CC5(C4)CC(C(=O)O)C5)c32)cc1. The van der Waals surface area contributed by atoms with E-state index in [1.165, 1.54) is 5.56 Å². The molecule has 6 heteroatoms. The summed E-state index contributed by atoms with van der Waals surface area (Å²) >= 11 is 6.44. The number of aromatic nitrogens is 2. The van der Waals surface area contributed by atoms with Crippen LogP contribution in [0.1, 0.15) is 73.4 Å². The summed E-state index contributed by atoms with van der Waals surface area (Å²) in [5, 5.41) is 15.1. The molecule has 0 bridgehead atoms. The monoisotopic (exact) mass is 464 g/mol. The average molecular weight is 465 g/mol. The zero-order valence-corrected chi connectivity index (χ0v) is 19.8. The van der Waals surface area contributed by atoms with Gasteiger partial charge in [0.05, 0.1) is 29.2 Å². The normalized spacial score (nSPS) is 24.1. The highest BCUT2D eigenvalue weighted by molar-refractivity contribution is 6.36. The molecule has 2 aromatic carbocycles. The van der Waals surface area contributed by atoms with Gasteiger partial charge in [0.25, 0.3) is 0 Å². The molecular formula is C27H29ClN2O3. The second-order valence-electron chi connectivity index (χ2n) is 10.4. The third kappa shape index (κ3) is 4.08. The Balaban J connectivity index is 1.33. The number of carbonyl (C=O) groups excluding carboxylic acids is 1. The molecule has 33 heavy (non-hydrogen) atoms. The molecule has 0 amide bonds. The standard InChI is InChI=1S/C27H29ClN2O3/c1-16(2)19-5-3-17(4-6-19)15-30-25-21(7-8-23(28)22(25)14-29-30)24(31)9-18-10-27(11-18)12-20(13-27)26(32)33/h3-8,14,16,18,20H,9-13,15H2,1-2H3,(H,32,33). The van der Waals surface area contributed by atoms with Crippen LogP contribution in [0.15, 0.2) is 42.6 Å². The number of carbonyl (C=O) groups is 2. The van der Waals surface area contributed by atoms with E-state index < -0.39 is 5.97 Å². The van der Waals surface area contributed by atoms with E-state index >= 15 is 0 Å². The average Bonchev–Trinajstić information content (AvgIpc) is 3.13. The Morgan fingerprint density at radius 2 is 1.82 bits per heavy atom. The third-order valence-electron chi connectivity index (χ3n) is 7.65. The van der Waals surface area contributed by atoms with Gasteiger partial charge in [-0.1, -0.05) is 49.7 Å². The molecule has 2 aliphatic rings. The number of Topliss-reactive ketones (excluding diaryl/α,β-unsaturated/α-hetero) is 1. The highest BCUT2D eigenvalue weighted by Gasteiger charge is 2.54. The van der Waals surface area contributed by atoms with Crippen LogP contribution in [0.3, 0.4) is 0 Å². The van der Waals surface area contributed by atoms with E-state index in [4.69, 9.17) is 16.7 Å². The molecule has 5 nitrogen and oxygen atoms in total. The maximum absolute atomic E-state index is 13.3. The first kappa shape index (κ1) is 22.1. The molecule has 1 N–H and O–H groups in total. The number of hydrogen-bond donors (Lipinski definition) is 1. The first-order valence-corrected chi connectivity index (χ1v) is 12.1. The van der Waals surface area contributed by atoms with E-state index in [1.54, 1.807) is 12.3 Å². The fourth-order valence-electron chi connectivity index (χ4n) is 5.87. The van der Waals surface area contributed by atoms with Gasteiger partial charge in [0, 0.05) is 17.4 Å². The van der Waals surface area contributed by atoms with E-state index in [0.717, 1.165) is 42.1 Å². The van der Waals surface area contributed by atoms with Crippen molar-refractivity contribution in [3.63, 3.8) is 0 Å². The number of ketones is 1. The Labute approximate surface area is 198 Å². The Kier molecular flexibility index (Phi) is 5.56. The van der Waals surface area contributed by atoms with E-state index in [1.807, 2.05) is 10.7 Å². The van der Waals surface area contributed by atoms with Gasteiger partial charge in [0.2, 0.25) is 0 Å². The van der Waals surface area contributed by atoms with Crippen LogP contribution in [0.5, 0.6) is 0 Å². The second kappa shape index (κ2) is 8.28. The maximum atomic E-state index is 13.3. The molecule has 2 fully saturated rings. The van der Waals surface area contributed by atoms with Crippen LogP contribution in [0.25, 0.3) is 10.9 Å². The van der Waals surface area contributed by atoms with Gasteiger partial charge in [-0.25, -0.2) is 0 Å². The van der Waals surface area contributed by atoms with Crippen molar-refractivity contribution >= 4 is 34.3 Å². The molecule has 0 saturated heterocycles. The fourth-order valence-corrected chi connectivity index (χ4v) is 6.07. The molecular weight excluding hydrogens is 436 g/mol. The van der Waals surface area contributed by atoms with Crippen LogP contribution < -0.4 is 0 Å². The van der Waals surface area contributed by atoms with Gasteiger partial charge in [-0.05, 0) is 66.2 Å². The summed E-state index contributed by atoms with van der Waals surface area (Å²) in [6.45, 7) is 4.93. The number of fused-ring (bicyclic) bond motifs is 1. The van der Waals surface area contributed by atoms with E-state index in [0.29, 0.717) is 35.4 Å². The molecule has 0 aliphatic heterocycles. The number of nitrogens with zero attached hydrogens (tertiary/aromatic N) is 2. The Morgan fingerprint density at radius 1 is 1.12 bits per heavy atom. The number of hydrogen-bond acceptors (Lipinski definition) is 3. The fraction of sp³-hybridized carbons (Fsp3) is 0.444. The number of carboxylic acids is 1. The van der Waals surface area contributed by atoms with Gasteiger partial charge >= 0.3 is 5.97 Å². The van der Waals surface area contributed by atoms with Crippen LogP contribution in [0.2, 0.25) is 5.02 Å². The van der Waals surface area contributed by atoms with Crippen molar-refractivity contribution in [1.29, 1.82) is 0 Å². The first-order valence-electron chi connectivity index (χ1n) is 11.7. The topological polar surface area (TPSA) is 72.2 Å². The van der Waals surface area contributed by atoms with Crippen molar-refractivity contribution in [2.75, 3.05) is 0 Å². The van der Waals surface area contributed by atoms with Crippen LogP contribution >= 0.6 is 11.6 Å². The predicted octanol–water partition coefficient (Wildman–Crippen LogP) is 6.33. The lowest BCUT2D eigenvalue weighted by atomic mass is 9.47. The van der Waals surface area contributed by atoms with Crippen LogP contribution in [-0.4, -0.2) is 26.6 Å². The molecule has 2 saturated carbocycles. The smallest absolute Gasteiger partial charge is 0.306 e. The lowest BCUT2D eigenvalue weighted by Crippen LogP contribution is -2.50. The second-order valence-corrected chi connectivity index (χ2v) is 10.8. The summed E-state index contributed by atoms with van der Waals surface area (Å²) in [5.74, 6) is 0.0472. The molecule has 1 aromatic heterocycles. The minimum atomic E-state index is -0.684. The Bertz CT molecular complexity index is 1210. The molecule has 1 heterocycles. The van der Waals surface area contributed by atoms with Gasteiger partial charge in [-0.3, -0.25) is 14.3 Å². The number of halogens is 1. The summed E-state index contributed by atoms with van der Waals surface area (Å²) in [6.07, 6.45) is 5.68. The molecule has 172 valence electrons.